The zero-order valence-electron chi connectivity index (χ0n) is 20.0. The zero-order chi connectivity index (χ0) is 26.1. The van der Waals surface area contributed by atoms with Crippen LogP contribution in [0.2, 0.25) is 0 Å². The number of aryl methyl sites for hydroxylation is 1. The van der Waals surface area contributed by atoms with Gasteiger partial charge in [0.05, 0.1) is 19.2 Å². The molecule has 1 heterocycles. The molecule has 0 fully saturated rings. The standard InChI is InChI=1S/C24H27F3N2O5S/c1-6-34-23(30)21(15(2)3)29(35(31,32)24(25,26)27)22-16(4)19-9-7-8-10-20(19)28(22)17-11-13-18(33-5)14-12-17/h7-15,21H,6H2,1-5H3/t21-/m0/s1. The molecule has 2 aromatic carbocycles. The summed E-state index contributed by atoms with van der Waals surface area (Å²) in [5.41, 5.74) is -4.54. The van der Waals surface area contributed by atoms with Gasteiger partial charge in [-0.1, -0.05) is 32.0 Å². The number of rotatable bonds is 8. The molecule has 11 heteroatoms. The topological polar surface area (TPSA) is 77.8 Å². The maximum atomic E-state index is 14.1. The maximum Gasteiger partial charge on any atom is 0.516 e. The van der Waals surface area contributed by atoms with Crippen LogP contribution < -0.4 is 9.04 Å². The Hall–Kier alpha value is -3.21. The van der Waals surface area contributed by atoms with Gasteiger partial charge in [0, 0.05) is 16.6 Å². The highest BCUT2D eigenvalue weighted by molar-refractivity contribution is 7.93. The number of anilines is 1. The molecule has 1 aromatic heterocycles. The molecule has 3 rings (SSSR count). The van der Waals surface area contributed by atoms with E-state index in [0.717, 1.165) is 0 Å². The van der Waals surface area contributed by atoms with Crippen LogP contribution in [0.15, 0.2) is 48.5 Å². The molecule has 0 N–H and O–H groups in total. The van der Waals surface area contributed by atoms with Crippen molar-refractivity contribution in [2.45, 2.75) is 39.2 Å². The fraction of sp³-hybridized carbons (Fsp3) is 0.375. The van der Waals surface area contributed by atoms with Gasteiger partial charge in [0.25, 0.3) is 0 Å². The first-order valence-corrected chi connectivity index (χ1v) is 12.3. The van der Waals surface area contributed by atoms with Gasteiger partial charge >= 0.3 is 21.5 Å². The number of carbonyl (C=O) groups excluding carboxylic acids is 1. The number of halogens is 3. The predicted octanol–water partition coefficient (Wildman–Crippen LogP) is 5.19. The number of sulfonamides is 1. The van der Waals surface area contributed by atoms with E-state index in [1.165, 1.54) is 39.4 Å². The molecule has 0 saturated carbocycles. The van der Waals surface area contributed by atoms with Gasteiger partial charge in [-0.05, 0) is 50.1 Å². The van der Waals surface area contributed by atoms with E-state index in [0.29, 0.717) is 22.3 Å². The molecule has 3 aromatic rings. The summed E-state index contributed by atoms with van der Waals surface area (Å²) in [5.74, 6) is -1.69. The van der Waals surface area contributed by atoms with E-state index < -0.39 is 33.5 Å². The summed E-state index contributed by atoms with van der Waals surface area (Å²) in [6.45, 7) is 5.84. The minimum absolute atomic E-state index is 0.123. The number of alkyl halides is 3. The molecule has 1 atom stereocenters. The molecule has 7 nitrogen and oxygen atoms in total. The van der Waals surface area contributed by atoms with Gasteiger partial charge in [0.15, 0.2) is 0 Å². The van der Waals surface area contributed by atoms with Gasteiger partial charge < -0.3 is 9.47 Å². The monoisotopic (exact) mass is 512 g/mol. The minimum atomic E-state index is -6.03. The van der Waals surface area contributed by atoms with Crippen molar-refractivity contribution in [3.63, 3.8) is 0 Å². The van der Waals surface area contributed by atoms with E-state index >= 15 is 0 Å². The lowest BCUT2D eigenvalue weighted by Gasteiger charge is -2.35. The quantitative estimate of drug-likeness (QED) is 0.388. The largest absolute Gasteiger partial charge is 0.516 e. The van der Waals surface area contributed by atoms with Gasteiger partial charge in [-0.2, -0.15) is 21.6 Å². The Bertz CT molecular complexity index is 1320. The SMILES string of the molecule is CCOC(=O)[C@H](C(C)C)N(c1c(C)c2ccccc2n1-c1ccc(OC)cc1)S(=O)(=O)C(F)(F)F. The normalized spacial score (nSPS) is 13.2. The van der Waals surface area contributed by atoms with Crippen LogP contribution in [0.1, 0.15) is 26.3 Å². The number of esters is 1. The van der Waals surface area contributed by atoms with E-state index in [1.807, 2.05) is 0 Å². The van der Waals surface area contributed by atoms with Crippen molar-refractivity contribution < 1.29 is 35.9 Å². The summed E-state index contributed by atoms with van der Waals surface area (Å²) >= 11 is 0. The predicted molar refractivity (Wildman–Crippen MR) is 127 cm³/mol. The second-order valence-electron chi connectivity index (χ2n) is 8.19. The van der Waals surface area contributed by atoms with Gasteiger partial charge in [-0.15, -0.1) is 0 Å². The Kier molecular flexibility index (Phi) is 7.39. The third-order valence-electron chi connectivity index (χ3n) is 5.60. The molecule has 190 valence electrons. The molecular formula is C24H27F3N2O5S. The van der Waals surface area contributed by atoms with Crippen LogP contribution in [-0.4, -0.2) is 44.2 Å². The molecule has 35 heavy (non-hydrogen) atoms. The Morgan fingerprint density at radius 2 is 1.69 bits per heavy atom. The first-order valence-electron chi connectivity index (χ1n) is 10.9. The lowest BCUT2D eigenvalue weighted by molar-refractivity contribution is -0.145. The highest BCUT2D eigenvalue weighted by Gasteiger charge is 2.55. The van der Waals surface area contributed by atoms with Crippen LogP contribution in [0.4, 0.5) is 19.0 Å². The Morgan fingerprint density at radius 3 is 2.20 bits per heavy atom. The van der Waals surface area contributed by atoms with Crippen LogP contribution in [0, 0.1) is 12.8 Å². The number of methoxy groups -OCH3 is 1. The van der Waals surface area contributed by atoms with Crippen molar-refractivity contribution in [2.75, 3.05) is 18.0 Å². The van der Waals surface area contributed by atoms with E-state index in [9.17, 15) is 26.4 Å². The molecule has 0 amide bonds. The lowest BCUT2D eigenvalue weighted by Crippen LogP contribution is -2.54. The molecule has 0 radical (unpaired) electrons. The summed E-state index contributed by atoms with van der Waals surface area (Å²) in [7, 11) is -4.55. The summed E-state index contributed by atoms with van der Waals surface area (Å²) in [6.07, 6.45) is 0. The van der Waals surface area contributed by atoms with Crippen LogP contribution in [0.5, 0.6) is 5.75 Å². The van der Waals surface area contributed by atoms with Gasteiger partial charge in [0.2, 0.25) is 0 Å². The van der Waals surface area contributed by atoms with Crippen molar-refractivity contribution in [2.24, 2.45) is 5.92 Å². The molecule has 0 saturated heterocycles. The van der Waals surface area contributed by atoms with E-state index in [1.54, 1.807) is 48.5 Å². The maximum absolute atomic E-state index is 14.1. The number of aromatic nitrogens is 1. The molecule has 0 aliphatic heterocycles. The summed E-state index contributed by atoms with van der Waals surface area (Å²) < 4.78 is 80.1. The number of benzene rings is 2. The number of hydrogen-bond acceptors (Lipinski definition) is 5. The van der Waals surface area contributed by atoms with E-state index in [4.69, 9.17) is 9.47 Å². The lowest BCUT2D eigenvalue weighted by atomic mass is 10.0. The fourth-order valence-corrected chi connectivity index (χ4v) is 5.32. The molecule has 0 aliphatic carbocycles. The van der Waals surface area contributed by atoms with Crippen LogP contribution in [0.25, 0.3) is 16.6 Å². The number of fused-ring (bicyclic) bond motifs is 1. The second kappa shape index (κ2) is 9.80. The Labute approximate surface area is 202 Å². The number of carbonyl (C=O) groups is 1. The fourth-order valence-electron chi connectivity index (χ4n) is 4.02. The Morgan fingerprint density at radius 1 is 1.09 bits per heavy atom. The van der Waals surface area contributed by atoms with E-state index in [-0.39, 0.29) is 22.3 Å². The highest BCUT2D eigenvalue weighted by atomic mass is 32.2. The minimum Gasteiger partial charge on any atom is -0.497 e. The second-order valence-corrected chi connectivity index (χ2v) is 9.99. The summed E-state index contributed by atoms with van der Waals surface area (Å²) in [6, 6.07) is 11.4. The zero-order valence-corrected chi connectivity index (χ0v) is 20.8. The molecule has 0 spiro atoms. The van der Waals surface area contributed by atoms with Gasteiger partial charge in [0.1, 0.15) is 17.6 Å². The van der Waals surface area contributed by atoms with Crippen LogP contribution >= 0.6 is 0 Å². The Balaban J connectivity index is 2.48. The molecular weight excluding hydrogens is 485 g/mol. The summed E-state index contributed by atoms with van der Waals surface area (Å²) in [4.78, 5) is 12.9. The third-order valence-corrected chi connectivity index (χ3v) is 7.10. The first kappa shape index (κ1) is 26.4. The number of para-hydroxylation sites is 1. The average Bonchev–Trinajstić information content (AvgIpc) is 3.08. The molecule has 0 unspecified atom stereocenters. The van der Waals surface area contributed by atoms with Gasteiger partial charge in [-0.3, -0.25) is 4.57 Å². The average molecular weight is 513 g/mol. The summed E-state index contributed by atoms with van der Waals surface area (Å²) in [5, 5.41) is 0.534. The van der Waals surface area contributed by atoms with Crippen LogP contribution in [0.3, 0.4) is 0 Å². The highest BCUT2D eigenvalue weighted by Crippen LogP contribution is 2.42. The number of nitrogens with zero attached hydrogens (tertiary/aromatic N) is 2. The molecule has 0 bridgehead atoms. The molecule has 0 aliphatic rings. The van der Waals surface area contributed by atoms with E-state index in [2.05, 4.69) is 0 Å². The van der Waals surface area contributed by atoms with Crippen molar-refractivity contribution in [1.29, 1.82) is 0 Å². The smallest absolute Gasteiger partial charge is 0.497 e. The van der Waals surface area contributed by atoms with Crippen molar-refractivity contribution in [1.82, 2.24) is 4.57 Å². The van der Waals surface area contributed by atoms with Crippen molar-refractivity contribution in [3.05, 3.63) is 54.1 Å². The van der Waals surface area contributed by atoms with Crippen molar-refractivity contribution >= 4 is 32.7 Å². The third kappa shape index (κ3) is 4.69. The van der Waals surface area contributed by atoms with Crippen molar-refractivity contribution in [3.8, 4) is 11.4 Å². The van der Waals surface area contributed by atoms with Gasteiger partial charge in [-0.25, -0.2) is 9.10 Å². The number of hydrogen-bond donors (Lipinski definition) is 0. The van der Waals surface area contributed by atoms with Crippen LogP contribution in [-0.2, 0) is 19.6 Å². The number of ether oxygens (including phenoxy) is 2. The first-order chi connectivity index (χ1) is 16.4.